The molecule has 0 amide bonds. The van der Waals surface area contributed by atoms with E-state index in [0.717, 1.165) is 23.6 Å². The first-order valence-electron chi connectivity index (χ1n) is 5.71. The Morgan fingerprint density at radius 2 is 2.00 bits per heavy atom. The van der Waals surface area contributed by atoms with Crippen molar-refractivity contribution in [3.8, 4) is 5.75 Å². The third kappa shape index (κ3) is 3.28. The lowest BCUT2D eigenvalue weighted by Crippen LogP contribution is -2.17. The van der Waals surface area contributed by atoms with Crippen molar-refractivity contribution in [1.82, 2.24) is 0 Å². The standard InChI is InChI=1S/C14H17NO2/c1-11(10-14-4-3-9-17-14)15-12-5-7-13(16-2)8-6-12/h3-9,11,15H,10H2,1-2H3. The van der Waals surface area contributed by atoms with Crippen LogP contribution in [-0.2, 0) is 6.42 Å². The Morgan fingerprint density at radius 1 is 1.24 bits per heavy atom. The van der Waals surface area contributed by atoms with E-state index in [1.807, 2.05) is 36.4 Å². The molecule has 0 aliphatic heterocycles. The van der Waals surface area contributed by atoms with Gasteiger partial charge in [0.25, 0.3) is 0 Å². The lowest BCUT2D eigenvalue weighted by molar-refractivity contribution is 0.415. The van der Waals surface area contributed by atoms with Gasteiger partial charge in [0.05, 0.1) is 13.4 Å². The van der Waals surface area contributed by atoms with Gasteiger partial charge in [-0.05, 0) is 43.3 Å². The molecule has 0 aliphatic rings. The van der Waals surface area contributed by atoms with Crippen LogP contribution in [0.3, 0.4) is 0 Å². The number of nitrogens with one attached hydrogen (secondary N) is 1. The van der Waals surface area contributed by atoms with E-state index in [0.29, 0.717) is 6.04 Å². The number of benzene rings is 1. The third-order valence-electron chi connectivity index (χ3n) is 2.59. The van der Waals surface area contributed by atoms with Gasteiger partial charge in [-0.3, -0.25) is 0 Å². The van der Waals surface area contributed by atoms with Crippen LogP contribution in [0.2, 0.25) is 0 Å². The predicted molar refractivity (Wildman–Crippen MR) is 68.5 cm³/mol. The van der Waals surface area contributed by atoms with Crippen LogP contribution >= 0.6 is 0 Å². The fourth-order valence-corrected chi connectivity index (χ4v) is 1.75. The first-order chi connectivity index (χ1) is 8.28. The highest BCUT2D eigenvalue weighted by molar-refractivity contribution is 5.47. The van der Waals surface area contributed by atoms with Crippen molar-refractivity contribution in [2.75, 3.05) is 12.4 Å². The number of methoxy groups -OCH3 is 1. The smallest absolute Gasteiger partial charge is 0.119 e. The maximum absolute atomic E-state index is 5.32. The zero-order valence-electron chi connectivity index (χ0n) is 10.1. The highest BCUT2D eigenvalue weighted by Gasteiger charge is 2.05. The van der Waals surface area contributed by atoms with Gasteiger partial charge in [0.2, 0.25) is 0 Å². The summed E-state index contributed by atoms with van der Waals surface area (Å²) in [6.45, 7) is 2.13. The van der Waals surface area contributed by atoms with Crippen molar-refractivity contribution in [1.29, 1.82) is 0 Å². The summed E-state index contributed by atoms with van der Waals surface area (Å²) in [4.78, 5) is 0. The van der Waals surface area contributed by atoms with Crippen molar-refractivity contribution in [2.45, 2.75) is 19.4 Å². The van der Waals surface area contributed by atoms with Crippen molar-refractivity contribution in [3.63, 3.8) is 0 Å². The molecule has 3 nitrogen and oxygen atoms in total. The Kier molecular flexibility index (Phi) is 3.70. The van der Waals surface area contributed by atoms with Crippen molar-refractivity contribution >= 4 is 5.69 Å². The average molecular weight is 231 g/mol. The SMILES string of the molecule is COc1ccc(NC(C)Cc2ccco2)cc1. The Bertz CT molecular complexity index is 434. The minimum atomic E-state index is 0.328. The molecule has 1 unspecified atom stereocenters. The first-order valence-corrected chi connectivity index (χ1v) is 5.71. The van der Waals surface area contributed by atoms with Crippen molar-refractivity contribution < 1.29 is 9.15 Å². The molecule has 17 heavy (non-hydrogen) atoms. The summed E-state index contributed by atoms with van der Waals surface area (Å²) in [5.41, 5.74) is 1.09. The number of ether oxygens (including phenoxy) is 1. The van der Waals surface area contributed by atoms with E-state index in [9.17, 15) is 0 Å². The topological polar surface area (TPSA) is 34.4 Å². The molecule has 0 radical (unpaired) electrons. The van der Waals surface area contributed by atoms with Crippen LogP contribution in [0.25, 0.3) is 0 Å². The largest absolute Gasteiger partial charge is 0.497 e. The average Bonchev–Trinajstić information content (AvgIpc) is 2.82. The maximum Gasteiger partial charge on any atom is 0.119 e. The second-order valence-corrected chi connectivity index (χ2v) is 4.06. The van der Waals surface area contributed by atoms with E-state index in [2.05, 4.69) is 12.2 Å². The molecule has 1 N–H and O–H groups in total. The number of hydrogen-bond donors (Lipinski definition) is 1. The monoisotopic (exact) mass is 231 g/mol. The van der Waals surface area contributed by atoms with Gasteiger partial charge in [-0.25, -0.2) is 0 Å². The highest BCUT2D eigenvalue weighted by atomic mass is 16.5. The highest BCUT2D eigenvalue weighted by Crippen LogP contribution is 2.16. The minimum Gasteiger partial charge on any atom is -0.497 e. The van der Waals surface area contributed by atoms with Gasteiger partial charge in [-0.2, -0.15) is 0 Å². The second-order valence-electron chi connectivity index (χ2n) is 4.06. The summed E-state index contributed by atoms with van der Waals surface area (Å²) in [7, 11) is 1.67. The Morgan fingerprint density at radius 3 is 2.59 bits per heavy atom. The number of rotatable bonds is 5. The molecule has 0 saturated carbocycles. The quantitative estimate of drug-likeness (QED) is 0.857. The first kappa shape index (κ1) is 11.6. The summed E-state index contributed by atoms with van der Waals surface area (Å²) in [6, 6.07) is 12.1. The molecule has 0 fully saturated rings. The van der Waals surface area contributed by atoms with E-state index < -0.39 is 0 Å². The zero-order chi connectivity index (χ0) is 12.1. The fraction of sp³-hybridized carbons (Fsp3) is 0.286. The van der Waals surface area contributed by atoms with Crippen LogP contribution in [0.15, 0.2) is 47.1 Å². The number of hydrogen-bond acceptors (Lipinski definition) is 3. The summed E-state index contributed by atoms with van der Waals surface area (Å²) in [5, 5.41) is 3.42. The predicted octanol–water partition coefficient (Wildman–Crippen LogP) is 3.33. The molecule has 2 aromatic rings. The Labute approximate surface area is 101 Å². The molecular formula is C14H17NO2. The lowest BCUT2D eigenvalue weighted by Gasteiger charge is -2.14. The van der Waals surface area contributed by atoms with E-state index in [4.69, 9.17) is 9.15 Å². The van der Waals surface area contributed by atoms with Gasteiger partial charge in [0.15, 0.2) is 0 Å². The number of anilines is 1. The van der Waals surface area contributed by atoms with Crippen molar-refractivity contribution in [3.05, 3.63) is 48.4 Å². The molecule has 0 spiro atoms. The molecule has 1 aromatic carbocycles. The van der Waals surface area contributed by atoms with Gasteiger partial charge >= 0.3 is 0 Å². The lowest BCUT2D eigenvalue weighted by atomic mass is 10.2. The van der Waals surface area contributed by atoms with Gasteiger partial charge in [0.1, 0.15) is 11.5 Å². The van der Waals surface area contributed by atoms with Gasteiger partial charge < -0.3 is 14.5 Å². The zero-order valence-corrected chi connectivity index (χ0v) is 10.1. The third-order valence-corrected chi connectivity index (χ3v) is 2.59. The second kappa shape index (κ2) is 5.43. The molecule has 1 heterocycles. The van der Waals surface area contributed by atoms with E-state index in [-0.39, 0.29) is 0 Å². The molecule has 0 bridgehead atoms. The molecular weight excluding hydrogens is 214 g/mol. The van der Waals surface area contributed by atoms with E-state index in [1.165, 1.54) is 0 Å². The number of furan rings is 1. The van der Waals surface area contributed by atoms with E-state index in [1.54, 1.807) is 13.4 Å². The van der Waals surface area contributed by atoms with Crippen LogP contribution in [-0.4, -0.2) is 13.2 Å². The summed E-state index contributed by atoms with van der Waals surface area (Å²) >= 11 is 0. The molecule has 0 aliphatic carbocycles. The van der Waals surface area contributed by atoms with Crippen LogP contribution < -0.4 is 10.1 Å². The maximum atomic E-state index is 5.32. The minimum absolute atomic E-state index is 0.328. The van der Waals surface area contributed by atoms with Gasteiger partial charge in [-0.15, -0.1) is 0 Å². The molecule has 2 rings (SSSR count). The fourth-order valence-electron chi connectivity index (χ4n) is 1.75. The Hall–Kier alpha value is -1.90. The Balaban J connectivity index is 1.91. The van der Waals surface area contributed by atoms with Crippen LogP contribution in [0.1, 0.15) is 12.7 Å². The summed E-state index contributed by atoms with van der Waals surface area (Å²) < 4.78 is 10.4. The van der Waals surface area contributed by atoms with Crippen LogP contribution in [0.5, 0.6) is 5.75 Å². The normalized spacial score (nSPS) is 12.1. The van der Waals surface area contributed by atoms with Crippen molar-refractivity contribution in [2.24, 2.45) is 0 Å². The van der Waals surface area contributed by atoms with Crippen LogP contribution in [0, 0.1) is 0 Å². The molecule has 1 aromatic heterocycles. The summed E-state index contributed by atoms with van der Waals surface area (Å²) in [5.74, 6) is 1.87. The molecule has 3 heteroatoms. The van der Waals surface area contributed by atoms with Crippen LogP contribution in [0.4, 0.5) is 5.69 Å². The molecule has 90 valence electrons. The van der Waals surface area contributed by atoms with Gasteiger partial charge in [0, 0.05) is 18.2 Å². The molecule has 1 atom stereocenters. The summed E-state index contributed by atoms with van der Waals surface area (Å²) in [6.07, 6.45) is 2.58. The van der Waals surface area contributed by atoms with E-state index >= 15 is 0 Å². The molecule has 0 saturated heterocycles. The van der Waals surface area contributed by atoms with Gasteiger partial charge in [-0.1, -0.05) is 0 Å².